The molecule has 0 aliphatic carbocycles. The number of aromatic nitrogens is 1. The van der Waals surface area contributed by atoms with E-state index in [1.54, 1.807) is 29.4 Å². The number of para-hydroxylation sites is 1. The molecule has 0 bridgehead atoms. The van der Waals surface area contributed by atoms with Gasteiger partial charge in [-0.05, 0) is 36.4 Å². The quantitative estimate of drug-likeness (QED) is 0.532. The molecule has 138 valence electrons. The number of methoxy groups -OCH3 is 1. The molecule has 1 heterocycles. The molecule has 0 fully saturated rings. The zero-order valence-electron chi connectivity index (χ0n) is 14.7. The second kappa shape index (κ2) is 8.42. The van der Waals surface area contributed by atoms with Crippen LogP contribution in [0.1, 0.15) is 27.7 Å². The highest BCUT2D eigenvalue weighted by molar-refractivity contribution is 5.89. The molecule has 3 aromatic rings. The first-order valence-corrected chi connectivity index (χ1v) is 8.36. The summed E-state index contributed by atoms with van der Waals surface area (Å²) in [5.74, 6) is -1.14. The van der Waals surface area contributed by atoms with Gasteiger partial charge in [0.2, 0.25) is 0 Å². The average Bonchev–Trinajstić information content (AvgIpc) is 2.73. The third-order valence-electron chi connectivity index (χ3n) is 4.20. The highest BCUT2D eigenvalue weighted by atomic mass is 19.1. The Balaban J connectivity index is 1.94. The number of hydrogen-bond donors (Lipinski definition) is 1. The molecule has 6 heteroatoms. The zero-order valence-corrected chi connectivity index (χ0v) is 14.7. The number of ether oxygens (including phenoxy) is 1. The molecule has 3 rings (SSSR count). The normalized spacial score (nSPS) is 11.7. The maximum absolute atomic E-state index is 14.6. The summed E-state index contributed by atoms with van der Waals surface area (Å²) in [7, 11) is 1.25. The average molecular weight is 366 g/mol. The number of hydrogen-bond acceptors (Lipinski definition) is 5. The number of anilines is 1. The van der Waals surface area contributed by atoms with Gasteiger partial charge in [0.15, 0.2) is 6.23 Å². The highest BCUT2D eigenvalue weighted by Crippen LogP contribution is 2.28. The van der Waals surface area contributed by atoms with Crippen LogP contribution in [0.25, 0.3) is 0 Å². The summed E-state index contributed by atoms with van der Waals surface area (Å²) in [5, 5.41) is 10.9. The van der Waals surface area contributed by atoms with Crippen molar-refractivity contribution in [1.82, 2.24) is 4.98 Å². The summed E-state index contributed by atoms with van der Waals surface area (Å²) in [4.78, 5) is 17.2. The molecule has 5 nitrogen and oxygen atoms in total. The lowest BCUT2D eigenvalue weighted by atomic mass is 10.1. The number of halogens is 1. The van der Waals surface area contributed by atoms with Crippen LogP contribution in [0.3, 0.4) is 0 Å². The number of carbonyl (C=O) groups excluding carboxylic acids is 1. The predicted octanol–water partition coefficient (Wildman–Crippen LogP) is 3.71. The van der Waals surface area contributed by atoms with Gasteiger partial charge in [-0.25, -0.2) is 9.18 Å². The number of rotatable bonds is 6. The van der Waals surface area contributed by atoms with Gasteiger partial charge >= 0.3 is 5.97 Å². The number of carbonyl (C=O) groups is 1. The van der Waals surface area contributed by atoms with E-state index in [1.807, 2.05) is 30.3 Å². The van der Waals surface area contributed by atoms with E-state index < -0.39 is 18.0 Å². The van der Waals surface area contributed by atoms with Gasteiger partial charge < -0.3 is 14.7 Å². The monoisotopic (exact) mass is 366 g/mol. The van der Waals surface area contributed by atoms with Crippen LogP contribution < -0.4 is 4.90 Å². The summed E-state index contributed by atoms with van der Waals surface area (Å²) in [5.41, 5.74) is 1.86. The third kappa shape index (κ3) is 4.30. The van der Waals surface area contributed by atoms with E-state index in [4.69, 9.17) is 0 Å². The van der Waals surface area contributed by atoms with Gasteiger partial charge in [0.1, 0.15) is 5.82 Å². The Morgan fingerprint density at radius 1 is 1.15 bits per heavy atom. The molecule has 1 aromatic heterocycles. The maximum Gasteiger partial charge on any atom is 0.337 e. The standard InChI is InChI=1S/C21H19FN2O3/c1-27-21(26)16-7-8-17(19(22)13-16)14-24(18-5-3-2-4-6-18)20(25)15-9-11-23-12-10-15/h2-13,20,25H,14H2,1H3. The van der Waals surface area contributed by atoms with Crippen LogP contribution in [-0.4, -0.2) is 23.2 Å². The Morgan fingerprint density at radius 2 is 1.85 bits per heavy atom. The minimum absolute atomic E-state index is 0.112. The first-order chi connectivity index (χ1) is 13.1. The number of aliphatic hydroxyl groups excluding tert-OH is 1. The molecule has 0 radical (unpaired) electrons. The Hall–Kier alpha value is -3.25. The van der Waals surface area contributed by atoms with Crippen molar-refractivity contribution in [3.8, 4) is 0 Å². The van der Waals surface area contributed by atoms with Crippen LogP contribution >= 0.6 is 0 Å². The lowest BCUT2D eigenvalue weighted by Gasteiger charge is -2.30. The van der Waals surface area contributed by atoms with Crippen molar-refractivity contribution in [2.75, 3.05) is 12.0 Å². The van der Waals surface area contributed by atoms with Gasteiger partial charge in [-0.1, -0.05) is 24.3 Å². The summed E-state index contributed by atoms with van der Waals surface area (Å²) in [6.45, 7) is 0.112. The summed E-state index contributed by atoms with van der Waals surface area (Å²) < 4.78 is 19.2. The summed E-state index contributed by atoms with van der Waals surface area (Å²) >= 11 is 0. The van der Waals surface area contributed by atoms with Gasteiger partial charge in [-0.15, -0.1) is 0 Å². The van der Waals surface area contributed by atoms with Crippen LogP contribution in [0.15, 0.2) is 73.1 Å². The summed E-state index contributed by atoms with van der Waals surface area (Å²) in [6.07, 6.45) is 2.19. The highest BCUT2D eigenvalue weighted by Gasteiger charge is 2.20. The molecule has 2 aromatic carbocycles. The second-order valence-electron chi connectivity index (χ2n) is 5.92. The number of nitrogens with zero attached hydrogens (tertiary/aromatic N) is 2. The molecule has 0 saturated carbocycles. The van der Waals surface area contributed by atoms with E-state index in [0.29, 0.717) is 11.1 Å². The predicted molar refractivity (Wildman–Crippen MR) is 99.6 cm³/mol. The Morgan fingerprint density at radius 3 is 2.48 bits per heavy atom. The zero-order chi connectivity index (χ0) is 19.2. The topological polar surface area (TPSA) is 62.7 Å². The molecule has 27 heavy (non-hydrogen) atoms. The Kier molecular flexibility index (Phi) is 5.78. The lowest BCUT2D eigenvalue weighted by molar-refractivity contribution is 0.0600. The van der Waals surface area contributed by atoms with Crippen LogP contribution in [-0.2, 0) is 11.3 Å². The number of aliphatic hydroxyl groups is 1. The van der Waals surface area contributed by atoms with Gasteiger partial charge in [-0.2, -0.15) is 0 Å². The van der Waals surface area contributed by atoms with E-state index in [0.717, 1.165) is 11.8 Å². The molecular weight excluding hydrogens is 347 g/mol. The second-order valence-corrected chi connectivity index (χ2v) is 5.92. The molecule has 0 amide bonds. The fourth-order valence-electron chi connectivity index (χ4n) is 2.76. The third-order valence-corrected chi connectivity index (χ3v) is 4.20. The van der Waals surface area contributed by atoms with Crippen molar-refractivity contribution in [1.29, 1.82) is 0 Å². The van der Waals surface area contributed by atoms with Crippen molar-refractivity contribution in [3.05, 3.63) is 95.6 Å². The Labute approximate surface area is 156 Å². The molecule has 1 N–H and O–H groups in total. The number of esters is 1. The van der Waals surface area contributed by atoms with Crippen LogP contribution in [0.2, 0.25) is 0 Å². The molecule has 0 spiro atoms. The van der Waals surface area contributed by atoms with Crippen LogP contribution in [0.4, 0.5) is 10.1 Å². The fraction of sp³-hybridized carbons (Fsp3) is 0.143. The van der Waals surface area contributed by atoms with E-state index >= 15 is 0 Å². The molecule has 1 unspecified atom stereocenters. The minimum atomic E-state index is -0.991. The maximum atomic E-state index is 14.6. The fourth-order valence-corrected chi connectivity index (χ4v) is 2.76. The summed E-state index contributed by atoms with van der Waals surface area (Å²) in [6, 6.07) is 16.8. The van der Waals surface area contributed by atoms with Gasteiger partial charge in [0.05, 0.1) is 12.7 Å². The molecule has 1 atom stereocenters. The largest absolute Gasteiger partial charge is 0.465 e. The van der Waals surface area contributed by atoms with Gasteiger partial charge in [0.25, 0.3) is 0 Å². The van der Waals surface area contributed by atoms with Crippen LogP contribution in [0, 0.1) is 5.82 Å². The van der Waals surface area contributed by atoms with E-state index in [-0.39, 0.29) is 12.1 Å². The smallest absolute Gasteiger partial charge is 0.337 e. The Bertz CT molecular complexity index is 904. The van der Waals surface area contributed by atoms with Crippen molar-refractivity contribution >= 4 is 11.7 Å². The SMILES string of the molecule is COC(=O)c1ccc(CN(c2ccccc2)C(O)c2ccncc2)c(F)c1. The van der Waals surface area contributed by atoms with Crippen molar-refractivity contribution in [2.24, 2.45) is 0 Å². The minimum Gasteiger partial charge on any atom is -0.465 e. The molecule has 0 aliphatic rings. The first-order valence-electron chi connectivity index (χ1n) is 8.36. The molecule has 0 saturated heterocycles. The molecule has 0 aliphatic heterocycles. The first kappa shape index (κ1) is 18.5. The van der Waals surface area contributed by atoms with Crippen LogP contribution in [0.5, 0.6) is 0 Å². The van der Waals surface area contributed by atoms with E-state index in [2.05, 4.69) is 9.72 Å². The van der Waals surface area contributed by atoms with E-state index in [9.17, 15) is 14.3 Å². The van der Waals surface area contributed by atoms with Gasteiger partial charge in [-0.3, -0.25) is 4.98 Å². The lowest BCUT2D eigenvalue weighted by Crippen LogP contribution is -2.28. The number of benzene rings is 2. The van der Waals surface area contributed by atoms with E-state index in [1.165, 1.54) is 19.2 Å². The number of pyridine rings is 1. The van der Waals surface area contributed by atoms with Crippen molar-refractivity contribution in [2.45, 2.75) is 12.8 Å². The molecular formula is C21H19FN2O3. The van der Waals surface area contributed by atoms with Crippen molar-refractivity contribution < 1.29 is 19.0 Å². The van der Waals surface area contributed by atoms with Gasteiger partial charge in [0, 0.05) is 35.8 Å². The van der Waals surface area contributed by atoms with Crippen molar-refractivity contribution in [3.63, 3.8) is 0 Å².